The summed E-state index contributed by atoms with van der Waals surface area (Å²) < 4.78 is 18.2. The Bertz CT molecular complexity index is 950. The molecule has 170 valence electrons. The van der Waals surface area contributed by atoms with Crippen LogP contribution in [0.5, 0.6) is 11.5 Å². The molecule has 2 aromatic rings. The molecule has 1 fully saturated rings. The largest absolute Gasteiger partial charge is 0.493 e. The minimum Gasteiger partial charge on any atom is -0.493 e. The number of ether oxygens (including phenoxy) is 3. The van der Waals surface area contributed by atoms with Crippen molar-refractivity contribution in [3.05, 3.63) is 34.1 Å². The summed E-state index contributed by atoms with van der Waals surface area (Å²) in [6.07, 6.45) is 3.17. The molecule has 2 heterocycles. The number of unbranched alkanes of at least 4 members (excludes halogenated alkanes) is 2. The lowest BCUT2D eigenvalue weighted by molar-refractivity contribution is 0.0383. The fourth-order valence-corrected chi connectivity index (χ4v) is 3.70. The van der Waals surface area contributed by atoms with Gasteiger partial charge in [-0.3, -0.25) is 14.5 Å². The zero-order valence-electron chi connectivity index (χ0n) is 18.7. The Kier molecular flexibility index (Phi) is 8.31. The highest BCUT2D eigenvalue weighted by molar-refractivity contribution is 5.97. The van der Waals surface area contributed by atoms with Gasteiger partial charge in [0.05, 0.1) is 32.4 Å². The first kappa shape index (κ1) is 23.1. The van der Waals surface area contributed by atoms with Crippen molar-refractivity contribution in [2.45, 2.75) is 26.2 Å². The molecule has 0 unspecified atom stereocenters. The highest BCUT2D eigenvalue weighted by atomic mass is 16.5. The van der Waals surface area contributed by atoms with E-state index in [0.29, 0.717) is 43.4 Å². The predicted molar refractivity (Wildman–Crippen MR) is 120 cm³/mol. The SMILES string of the molecule is CCCCCOc1cc2cc(C(=O)NCCN3CCOCC3)c(=O)n(C)c2cc1OC. The molecule has 0 bridgehead atoms. The van der Waals surface area contributed by atoms with Crippen molar-refractivity contribution in [3.8, 4) is 11.5 Å². The van der Waals surface area contributed by atoms with Crippen LogP contribution in [0.25, 0.3) is 10.9 Å². The average molecular weight is 432 g/mol. The first-order valence-corrected chi connectivity index (χ1v) is 11.0. The molecule has 1 amide bonds. The van der Waals surface area contributed by atoms with Crippen LogP contribution in [0.1, 0.15) is 36.5 Å². The van der Waals surface area contributed by atoms with E-state index in [-0.39, 0.29) is 17.0 Å². The van der Waals surface area contributed by atoms with Crippen LogP contribution in [0.4, 0.5) is 0 Å². The molecule has 0 saturated carbocycles. The van der Waals surface area contributed by atoms with Gasteiger partial charge < -0.3 is 24.1 Å². The van der Waals surface area contributed by atoms with Gasteiger partial charge in [-0.15, -0.1) is 0 Å². The van der Waals surface area contributed by atoms with E-state index in [1.807, 2.05) is 6.07 Å². The number of amides is 1. The van der Waals surface area contributed by atoms with Crippen LogP contribution in [-0.4, -0.2) is 68.5 Å². The summed E-state index contributed by atoms with van der Waals surface area (Å²) in [4.78, 5) is 27.8. The van der Waals surface area contributed by atoms with E-state index >= 15 is 0 Å². The van der Waals surface area contributed by atoms with E-state index in [2.05, 4.69) is 17.1 Å². The molecule has 1 saturated heterocycles. The Hall–Kier alpha value is -2.58. The molecule has 3 rings (SSSR count). The maximum absolute atomic E-state index is 12.8. The summed E-state index contributed by atoms with van der Waals surface area (Å²) in [6, 6.07) is 5.26. The first-order valence-electron chi connectivity index (χ1n) is 11.0. The summed E-state index contributed by atoms with van der Waals surface area (Å²) in [6.45, 7) is 7.09. The lowest BCUT2D eigenvalue weighted by Crippen LogP contribution is -2.42. The summed E-state index contributed by atoms with van der Waals surface area (Å²) in [7, 11) is 3.24. The molecular weight excluding hydrogens is 398 g/mol. The molecule has 0 atom stereocenters. The van der Waals surface area contributed by atoms with Gasteiger partial charge in [-0.25, -0.2) is 0 Å². The molecule has 8 heteroatoms. The number of carbonyl (C=O) groups is 1. The van der Waals surface area contributed by atoms with Crippen LogP contribution < -0.4 is 20.3 Å². The van der Waals surface area contributed by atoms with Crippen molar-refractivity contribution in [1.29, 1.82) is 0 Å². The number of nitrogens with one attached hydrogen (secondary N) is 1. The minimum absolute atomic E-state index is 0.124. The standard InChI is InChI=1S/C23H33N3O5/c1-4-5-6-11-31-21-15-17-14-18(23(28)25(2)19(17)16-20(21)29-3)22(27)24-7-8-26-9-12-30-13-10-26/h14-16H,4-13H2,1-3H3,(H,24,27). The number of hydrogen-bond acceptors (Lipinski definition) is 6. The number of nitrogens with zero attached hydrogens (tertiary/aromatic N) is 2. The Labute approximate surface area is 183 Å². The van der Waals surface area contributed by atoms with Crippen LogP contribution in [0.15, 0.2) is 23.0 Å². The minimum atomic E-state index is -0.364. The number of aromatic nitrogens is 1. The van der Waals surface area contributed by atoms with Crippen LogP contribution >= 0.6 is 0 Å². The number of fused-ring (bicyclic) bond motifs is 1. The number of benzene rings is 1. The van der Waals surface area contributed by atoms with Crippen molar-refractivity contribution >= 4 is 16.8 Å². The van der Waals surface area contributed by atoms with Crippen LogP contribution in [-0.2, 0) is 11.8 Å². The van der Waals surface area contributed by atoms with Crippen molar-refractivity contribution in [2.75, 3.05) is 53.1 Å². The van der Waals surface area contributed by atoms with E-state index < -0.39 is 0 Å². The molecular formula is C23H33N3O5. The zero-order chi connectivity index (χ0) is 22.2. The highest BCUT2D eigenvalue weighted by Gasteiger charge is 2.17. The normalized spacial score (nSPS) is 14.5. The Morgan fingerprint density at radius 1 is 1.16 bits per heavy atom. The van der Waals surface area contributed by atoms with Gasteiger partial charge in [0.25, 0.3) is 11.5 Å². The summed E-state index contributed by atoms with van der Waals surface area (Å²) in [5, 5.41) is 3.63. The number of rotatable bonds is 10. The molecule has 31 heavy (non-hydrogen) atoms. The van der Waals surface area contributed by atoms with E-state index in [0.717, 1.165) is 44.3 Å². The zero-order valence-corrected chi connectivity index (χ0v) is 18.7. The number of methoxy groups -OCH3 is 1. The van der Waals surface area contributed by atoms with Crippen molar-refractivity contribution in [2.24, 2.45) is 7.05 Å². The molecule has 8 nitrogen and oxygen atoms in total. The molecule has 1 aliphatic rings. The molecule has 1 aromatic heterocycles. The first-order chi connectivity index (χ1) is 15.0. The van der Waals surface area contributed by atoms with Crippen molar-refractivity contribution in [3.63, 3.8) is 0 Å². The molecule has 1 aromatic carbocycles. The summed E-state index contributed by atoms with van der Waals surface area (Å²) in [5.74, 6) is 0.821. The second-order valence-corrected chi connectivity index (χ2v) is 7.75. The average Bonchev–Trinajstić information content (AvgIpc) is 2.79. The van der Waals surface area contributed by atoms with E-state index in [1.54, 1.807) is 26.3 Å². The topological polar surface area (TPSA) is 82.0 Å². The van der Waals surface area contributed by atoms with Gasteiger partial charge in [-0.05, 0) is 18.6 Å². The Balaban J connectivity index is 1.78. The molecule has 1 N–H and O–H groups in total. The van der Waals surface area contributed by atoms with Crippen molar-refractivity contribution in [1.82, 2.24) is 14.8 Å². The molecule has 0 aliphatic carbocycles. The summed E-state index contributed by atoms with van der Waals surface area (Å²) >= 11 is 0. The van der Waals surface area contributed by atoms with Gasteiger partial charge in [-0.2, -0.15) is 0 Å². The Morgan fingerprint density at radius 3 is 2.65 bits per heavy atom. The maximum atomic E-state index is 12.8. The smallest absolute Gasteiger partial charge is 0.263 e. The fourth-order valence-electron chi connectivity index (χ4n) is 3.70. The fraction of sp³-hybridized carbons (Fsp3) is 0.565. The number of aryl methyl sites for hydroxylation is 1. The third-order valence-corrected chi connectivity index (χ3v) is 5.58. The predicted octanol–water partition coefficient (Wildman–Crippen LogP) is 2.18. The van der Waals surface area contributed by atoms with E-state index in [9.17, 15) is 9.59 Å². The van der Waals surface area contributed by atoms with Gasteiger partial charge >= 0.3 is 0 Å². The van der Waals surface area contributed by atoms with Crippen LogP contribution in [0.2, 0.25) is 0 Å². The number of morpholine rings is 1. The monoisotopic (exact) mass is 431 g/mol. The van der Waals surface area contributed by atoms with Gasteiger partial charge in [0, 0.05) is 44.7 Å². The van der Waals surface area contributed by atoms with Crippen LogP contribution in [0, 0.1) is 0 Å². The number of carbonyl (C=O) groups excluding carboxylic acids is 1. The third kappa shape index (κ3) is 5.77. The maximum Gasteiger partial charge on any atom is 0.263 e. The summed E-state index contributed by atoms with van der Waals surface area (Å²) in [5.41, 5.74) is 0.474. The number of pyridine rings is 1. The van der Waals surface area contributed by atoms with Gasteiger partial charge in [0.2, 0.25) is 0 Å². The van der Waals surface area contributed by atoms with E-state index in [1.165, 1.54) is 4.57 Å². The molecule has 0 spiro atoms. The Morgan fingerprint density at radius 2 is 1.94 bits per heavy atom. The van der Waals surface area contributed by atoms with Gasteiger partial charge in [0.1, 0.15) is 5.56 Å². The van der Waals surface area contributed by atoms with Gasteiger partial charge in [0.15, 0.2) is 11.5 Å². The third-order valence-electron chi connectivity index (χ3n) is 5.58. The second kappa shape index (κ2) is 11.2. The van der Waals surface area contributed by atoms with Crippen molar-refractivity contribution < 1.29 is 19.0 Å². The van der Waals surface area contributed by atoms with Crippen LogP contribution in [0.3, 0.4) is 0 Å². The van der Waals surface area contributed by atoms with Gasteiger partial charge in [-0.1, -0.05) is 19.8 Å². The lowest BCUT2D eigenvalue weighted by atomic mass is 10.1. The molecule has 0 radical (unpaired) electrons. The molecule has 1 aliphatic heterocycles. The quantitative estimate of drug-likeness (QED) is 0.581. The lowest BCUT2D eigenvalue weighted by Gasteiger charge is -2.26. The second-order valence-electron chi connectivity index (χ2n) is 7.75. The highest BCUT2D eigenvalue weighted by Crippen LogP contribution is 2.32. The number of hydrogen-bond donors (Lipinski definition) is 1. The van der Waals surface area contributed by atoms with E-state index in [4.69, 9.17) is 14.2 Å².